The Balaban J connectivity index is 1.43. The predicted octanol–water partition coefficient (Wildman–Crippen LogP) is 3.31. The molecule has 1 saturated carbocycles. The van der Waals surface area contributed by atoms with Crippen LogP contribution in [0.4, 0.5) is 0 Å². The van der Waals surface area contributed by atoms with Crippen LogP contribution in [-0.2, 0) is 7.05 Å². The summed E-state index contributed by atoms with van der Waals surface area (Å²) in [6.07, 6.45) is 6.37. The van der Waals surface area contributed by atoms with Gasteiger partial charge in [-0.15, -0.1) is 0 Å². The molecule has 1 amide bonds. The first kappa shape index (κ1) is 18.4. The molecule has 0 radical (unpaired) electrons. The van der Waals surface area contributed by atoms with E-state index in [4.69, 9.17) is 9.40 Å². The molecular weight excluding hydrogens is 366 g/mol. The smallest absolute Gasteiger partial charge is 0.252 e. The van der Waals surface area contributed by atoms with Crippen molar-refractivity contribution in [2.45, 2.75) is 44.6 Å². The van der Waals surface area contributed by atoms with Crippen LogP contribution in [0.1, 0.15) is 65.1 Å². The number of nitrogens with zero attached hydrogens (tertiary/aromatic N) is 4. The molecule has 29 heavy (non-hydrogen) atoms. The minimum Gasteiger partial charge on any atom is -0.468 e. The standard InChI is InChI=1S/C22H27N5O2/c1-14-20-16(12-17(15-7-8-15)24-21(20)26(2)25-14)22(28)23-13-18(19-6-5-11-29-19)27-9-3-4-10-27/h5-6,11-12,15,18H,3-4,7-10,13H2,1-2H3,(H,23,28). The van der Waals surface area contributed by atoms with Crippen LogP contribution in [0.15, 0.2) is 28.9 Å². The number of furan rings is 1. The molecule has 3 aromatic rings. The molecule has 1 saturated heterocycles. The lowest BCUT2D eigenvalue weighted by atomic mass is 10.1. The number of carbonyl (C=O) groups excluding carboxylic acids is 1. The Hall–Kier alpha value is -2.67. The maximum absolute atomic E-state index is 13.3. The highest BCUT2D eigenvalue weighted by Gasteiger charge is 2.30. The normalized spacial score (nSPS) is 18.4. The molecule has 7 heteroatoms. The monoisotopic (exact) mass is 393 g/mol. The van der Waals surface area contributed by atoms with Crippen LogP contribution in [0.2, 0.25) is 0 Å². The number of aromatic nitrogens is 3. The fourth-order valence-electron chi connectivity index (χ4n) is 4.46. The lowest BCUT2D eigenvalue weighted by Crippen LogP contribution is -2.36. The molecular formula is C22H27N5O2. The van der Waals surface area contributed by atoms with Crippen LogP contribution in [0.3, 0.4) is 0 Å². The zero-order valence-corrected chi connectivity index (χ0v) is 17.0. The number of hydrogen-bond donors (Lipinski definition) is 1. The van der Waals surface area contributed by atoms with Crippen molar-refractivity contribution in [3.05, 3.63) is 47.2 Å². The summed E-state index contributed by atoms with van der Waals surface area (Å²) in [5.74, 6) is 1.32. The van der Waals surface area contributed by atoms with Gasteiger partial charge in [-0.3, -0.25) is 14.4 Å². The number of nitrogens with one attached hydrogen (secondary N) is 1. The van der Waals surface area contributed by atoms with Gasteiger partial charge in [-0.1, -0.05) is 0 Å². The van der Waals surface area contributed by atoms with Gasteiger partial charge >= 0.3 is 0 Å². The summed E-state index contributed by atoms with van der Waals surface area (Å²) in [4.78, 5) is 20.5. The van der Waals surface area contributed by atoms with E-state index in [0.717, 1.165) is 54.1 Å². The second kappa shape index (κ2) is 7.30. The Morgan fingerprint density at radius 2 is 2.14 bits per heavy atom. The Morgan fingerprint density at radius 1 is 1.34 bits per heavy atom. The van der Waals surface area contributed by atoms with Gasteiger partial charge in [0.1, 0.15) is 5.76 Å². The molecule has 1 unspecified atom stereocenters. The van der Waals surface area contributed by atoms with E-state index >= 15 is 0 Å². The second-order valence-corrected chi connectivity index (χ2v) is 8.26. The van der Waals surface area contributed by atoms with Crippen molar-refractivity contribution in [2.75, 3.05) is 19.6 Å². The largest absolute Gasteiger partial charge is 0.468 e. The zero-order chi connectivity index (χ0) is 20.0. The summed E-state index contributed by atoms with van der Waals surface area (Å²) in [7, 11) is 1.89. The number of carbonyl (C=O) groups is 1. The number of pyridine rings is 1. The fraction of sp³-hybridized carbons (Fsp3) is 0.500. The molecule has 0 bridgehead atoms. The summed E-state index contributed by atoms with van der Waals surface area (Å²) in [6, 6.07) is 5.94. The van der Waals surface area contributed by atoms with Gasteiger partial charge in [0.05, 0.1) is 28.9 Å². The second-order valence-electron chi connectivity index (χ2n) is 8.26. The van der Waals surface area contributed by atoms with Crippen LogP contribution in [0.25, 0.3) is 11.0 Å². The summed E-state index contributed by atoms with van der Waals surface area (Å²) in [5, 5.41) is 8.53. The molecule has 152 valence electrons. The quantitative estimate of drug-likeness (QED) is 0.695. The first-order valence-corrected chi connectivity index (χ1v) is 10.5. The summed E-state index contributed by atoms with van der Waals surface area (Å²) < 4.78 is 7.46. The van der Waals surface area contributed by atoms with E-state index in [1.54, 1.807) is 10.9 Å². The molecule has 4 heterocycles. The van der Waals surface area contributed by atoms with Gasteiger partial charge in [-0.2, -0.15) is 5.10 Å². The van der Waals surface area contributed by atoms with Crippen molar-refractivity contribution in [3.8, 4) is 0 Å². The molecule has 7 nitrogen and oxygen atoms in total. The van der Waals surface area contributed by atoms with Crippen molar-refractivity contribution >= 4 is 16.9 Å². The topological polar surface area (TPSA) is 76.2 Å². The number of likely N-dealkylation sites (tertiary alicyclic amines) is 1. The van der Waals surface area contributed by atoms with Gasteiger partial charge in [-0.25, -0.2) is 4.98 Å². The lowest BCUT2D eigenvalue weighted by Gasteiger charge is -2.26. The van der Waals surface area contributed by atoms with E-state index in [0.29, 0.717) is 18.0 Å². The van der Waals surface area contributed by atoms with E-state index in [-0.39, 0.29) is 11.9 Å². The molecule has 0 aromatic carbocycles. The number of rotatable bonds is 6. The number of hydrogen-bond acceptors (Lipinski definition) is 5. The third-order valence-electron chi connectivity index (χ3n) is 6.14. The van der Waals surface area contributed by atoms with E-state index in [9.17, 15) is 4.79 Å². The van der Waals surface area contributed by atoms with Gasteiger partial charge in [0.2, 0.25) is 0 Å². The van der Waals surface area contributed by atoms with Crippen molar-refractivity contribution in [2.24, 2.45) is 7.05 Å². The van der Waals surface area contributed by atoms with Gasteiger partial charge < -0.3 is 9.73 Å². The third-order valence-corrected chi connectivity index (χ3v) is 6.14. The summed E-state index contributed by atoms with van der Waals surface area (Å²) in [6.45, 7) is 4.53. The van der Waals surface area contributed by atoms with Crippen molar-refractivity contribution in [1.29, 1.82) is 0 Å². The highest BCUT2D eigenvalue weighted by atomic mass is 16.3. The van der Waals surface area contributed by atoms with Crippen LogP contribution in [0.5, 0.6) is 0 Å². The van der Waals surface area contributed by atoms with Gasteiger partial charge in [0, 0.05) is 25.2 Å². The van der Waals surface area contributed by atoms with Crippen LogP contribution < -0.4 is 5.32 Å². The van der Waals surface area contributed by atoms with Crippen LogP contribution >= 0.6 is 0 Å². The average Bonchev–Trinajstić information content (AvgIpc) is 3.08. The SMILES string of the molecule is Cc1nn(C)c2nc(C3CC3)cc(C(=O)NCC(c3ccco3)N3CCCC3)c12. The first-order valence-electron chi connectivity index (χ1n) is 10.5. The number of amides is 1. The molecule has 2 aliphatic rings. The Morgan fingerprint density at radius 3 is 2.83 bits per heavy atom. The highest BCUT2D eigenvalue weighted by molar-refractivity contribution is 6.06. The van der Waals surface area contributed by atoms with Crippen molar-refractivity contribution in [1.82, 2.24) is 25.0 Å². The lowest BCUT2D eigenvalue weighted by molar-refractivity contribution is 0.0935. The highest BCUT2D eigenvalue weighted by Crippen LogP contribution is 2.40. The molecule has 5 rings (SSSR count). The maximum Gasteiger partial charge on any atom is 0.252 e. The molecule has 2 fully saturated rings. The fourth-order valence-corrected chi connectivity index (χ4v) is 4.46. The third kappa shape index (κ3) is 3.44. The first-order chi connectivity index (χ1) is 14.1. The molecule has 3 aromatic heterocycles. The Kier molecular flexibility index (Phi) is 4.62. The van der Waals surface area contributed by atoms with Gasteiger partial charge in [-0.05, 0) is 63.9 Å². The zero-order valence-electron chi connectivity index (χ0n) is 17.0. The maximum atomic E-state index is 13.3. The molecule has 1 aliphatic heterocycles. The van der Waals surface area contributed by atoms with E-state index < -0.39 is 0 Å². The van der Waals surface area contributed by atoms with E-state index in [2.05, 4.69) is 15.3 Å². The number of aryl methyl sites for hydroxylation is 2. The van der Waals surface area contributed by atoms with E-state index in [1.807, 2.05) is 32.2 Å². The molecule has 0 spiro atoms. The average molecular weight is 393 g/mol. The van der Waals surface area contributed by atoms with E-state index in [1.165, 1.54) is 12.8 Å². The number of fused-ring (bicyclic) bond motifs is 1. The van der Waals surface area contributed by atoms with Crippen LogP contribution in [0, 0.1) is 6.92 Å². The minimum absolute atomic E-state index is 0.0617. The Labute approximate surface area is 170 Å². The van der Waals surface area contributed by atoms with Crippen molar-refractivity contribution in [3.63, 3.8) is 0 Å². The molecule has 1 aliphatic carbocycles. The summed E-state index contributed by atoms with van der Waals surface area (Å²) in [5.41, 5.74) is 3.32. The van der Waals surface area contributed by atoms with Crippen LogP contribution in [-0.4, -0.2) is 45.2 Å². The predicted molar refractivity (Wildman–Crippen MR) is 110 cm³/mol. The minimum atomic E-state index is -0.0637. The Bertz CT molecular complexity index is 1030. The molecule has 1 N–H and O–H groups in total. The van der Waals surface area contributed by atoms with Gasteiger partial charge in [0.15, 0.2) is 5.65 Å². The van der Waals surface area contributed by atoms with Gasteiger partial charge in [0.25, 0.3) is 5.91 Å². The summed E-state index contributed by atoms with van der Waals surface area (Å²) >= 11 is 0. The van der Waals surface area contributed by atoms with Crippen molar-refractivity contribution < 1.29 is 9.21 Å². The molecule has 1 atom stereocenters.